The molecule has 114 valence electrons. The summed E-state index contributed by atoms with van der Waals surface area (Å²) in [5.41, 5.74) is -0.443. The van der Waals surface area contributed by atoms with Crippen LogP contribution in [0.5, 0.6) is 0 Å². The summed E-state index contributed by atoms with van der Waals surface area (Å²) < 4.78 is 39.4. The first kappa shape index (κ1) is 17.4. The number of thioether (sulfide) groups is 1. The van der Waals surface area contributed by atoms with E-state index in [0.29, 0.717) is 10.5 Å². The number of hydrogen-bond acceptors (Lipinski definition) is 2. The van der Waals surface area contributed by atoms with Crippen LogP contribution >= 0.6 is 11.8 Å². The first-order valence-corrected chi connectivity index (χ1v) is 7.70. The molecule has 1 aromatic rings. The molecular formula is C15H22F3NS. The van der Waals surface area contributed by atoms with E-state index in [-0.39, 0.29) is 12.1 Å². The standard InChI is InChI=1S/C15H22F3NS/c1-5-8-20-12-7-6-11(10-19-14(2,3)4)13(9-12)15(16,17)18/h6-7,9,19H,5,8,10H2,1-4H3. The summed E-state index contributed by atoms with van der Waals surface area (Å²) in [6.45, 7) is 8.04. The molecule has 0 atom stereocenters. The number of benzene rings is 1. The largest absolute Gasteiger partial charge is 0.416 e. The zero-order chi connectivity index (χ0) is 15.4. The summed E-state index contributed by atoms with van der Waals surface area (Å²) in [5.74, 6) is 0.830. The van der Waals surface area contributed by atoms with Gasteiger partial charge in [0, 0.05) is 17.0 Å². The Morgan fingerprint density at radius 1 is 1.15 bits per heavy atom. The molecule has 5 heteroatoms. The first-order chi connectivity index (χ1) is 9.13. The molecule has 0 bridgehead atoms. The molecule has 0 fully saturated rings. The quantitative estimate of drug-likeness (QED) is 0.760. The van der Waals surface area contributed by atoms with Crippen LogP contribution in [0.1, 0.15) is 45.2 Å². The van der Waals surface area contributed by atoms with E-state index < -0.39 is 11.7 Å². The molecule has 1 N–H and O–H groups in total. The third-order valence-corrected chi connectivity index (χ3v) is 3.87. The predicted molar refractivity (Wildman–Crippen MR) is 79.1 cm³/mol. The summed E-state index contributed by atoms with van der Waals surface area (Å²) in [6.07, 6.45) is -3.36. The van der Waals surface area contributed by atoms with Gasteiger partial charge in [-0.05, 0) is 50.6 Å². The zero-order valence-electron chi connectivity index (χ0n) is 12.4. The molecule has 0 saturated carbocycles. The molecular weight excluding hydrogens is 283 g/mol. The van der Waals surface area contributed by atoms with Crippen molar-refractivity contribution in [3.8, 4) is 0 Å². The SMILES string of the molecule is CCCSc1ccc(CNC(C)(C)C)c(C(F)(F)F)c1. The van der Waals surface area contributed by atoms with E-state index in [9.17, 15) is 13.2 Å². The summed E-state index contributed by atoms with van der Waals surface area (Å²) in [6, 6.07) is 4.62. The van der Waals surface area contributed by atoms with Crippen molar-refractivity contribution in [2.24, 2.45) is 0 Å². The molecule has 0 aliphatic heterocycles. The maximum Gasteiger partial charge on any atom is 0.416 e. The normalized spacial score (nSPS) is 12.8. The first-order valence-electron chi connectivity index (χ1n) is 6.71. The average Bonchev–Trinajstić information content (AvgIpc) is 2.32. The highest BCUT2D eigenvalue weighted by Gasteiger charge is 2.33. The van der Waals surface area contributed by atoms with Crippen LogP contribution in [-0.4, -0.2) is 11.3 Å². The molecule has 1 aromatic carbocycles. The van der Waals surface area contributed by atoms with Crippen molar-refractivity contribution < 1.29 is 13.2 Å². The summed E-state index contributed by atoms with van der Waals surface area (Å²) >= 11 is 1.46. The van der Waals surface area contributed by atoms with Crippen LogP contribution in [0.3, 0.4) is 0 Å². The van der Waals surface area contributed by atoms with E-state index in [1.807, 2.05) is 27.7 Å². The Balaban J connectivity index is 2.98. The number of alkyl halides is 3. The topological polar surface area (TPSA) is 12.0 Å². The van der Waals surface area contributed by atoms with Gasteiger partial charge in [-0.1, -0.05) is 13.0 Å². The lowest BCUT2D eigenvalue weighted by molar-refractivity contribution is -0.138. The van der Waals surface area contributed by atoms with Crippen LogP contribution in [0, 0.1) is 0 Å². The monoisotopic (exact) mass is 305 g/mol. The van der Waals surface area contributed by atoms with Crippen molar-refractivity contribution in [3.05, 3.63) is 29.3 Å². The van der Waals surface area contributed by atoms with Gasteiger partial charge in [0.1, 0.15) is 0 Å². The van der Waals surface area contributed by atoms with Crippen LogP contribution in [-0.2, 0) is 12.7 Å². The van der Waals surface area contributed by atoms with Gasteiger partial charge in [0.15, 0.2) is 0 Å². The highest BCUT2D eigenvalue weighted by molar-refractivity contribution is 7.99. The minimum atomic E-state index is -4.31. The maximum atomic E-state index is 13.1. The Hall–Kier alpha value is -0.680. The van der Waals surface area contributed by atoms with Crippen molar-refractivity contribution >= 4 is 11.8 Å². The number of halogens is 3. The molecule has 0 spiro atoms. The molecule has 0 aliphatic rings. The van der Waals surface area contributed by atoms with E-state index in [1.54, 1.807) is 12.1 Å². The summed E-state index contributed by atoms with van der Waals surface area (Å²) in [7, 11) is 0. The second kappa shape index (κ2) is 6.85. The second-order valence-corrected chi connectivity index (χ2v) is 6.94. The van der Waals surface area contributed by atoms with Gasteiger partial charge in [0.2, 0.25) is 0 Å². The lowest BCUT2D eigenvalue weighted by atomic mass is 10.0. The third kappa shape index (κ3) is 5.75. The van der Waals surface area contributed by atoms with Crippen LogP contribution in [0.2, 0.25) is 0 Å². The Kier molecular flexibility index (Phi) is 5.95. The van der Waals surface area contributed by atoms with E-state index in [1.165, 1.54) is 17.8 Å². The molecule has 0 amide bonds. The Morgan fingerprint density at radius 2 is 1.80 bits per heavy atom. The van der Waals surface area contributed by atoms with Gasteiger partial charge in [-0.2, -0.15) is 13.2 Å². The highest BCUT2D eigenvalue weighted by atomic mass is 32.2. The summed E-state index contributed by atoms with van der Waals surface area (Å²) in [5, 5.41) is 3.11. The molecule has 1 rings (SSSR count). The third-order valence-electron chi connectivity index (χ3n) is 2.67. The van der Waals surface area contributed by atoms with Gasteiger partial charge >= 0.3 is 6.18 Å². The Bertz CT molecular complexity index is 436. The fraction of sp³-hybridized carbons (Fsp3) is 0.600. The number of hydrogen-bond donors (Lipinski definition) is 1. The van der Waals surface area contributed by atoms with Crippen LogP contribution in [0.25, 0.3) is 0 Å². The van der Waals surface area contributed by atoms with Gasteiger partial charge in [0.05, 0.1) is 5.56 Å². The minimum absolute atomic E-state index is 0.210. The van der Waals surface area contributed by atoms with Crippen LogP contribution in [0.15, 0.2) is 23.1 Å². The average molecular weight is 305 g/mol. The van der Waals surface area contributed by atoms with Crippen molar-refractivity contribution in [2.75, 3.05) is 5.75 Å². The van der Waals surface area contributed by atoms with E-state index in [4.69, 9.17) is 0 Å². The van der Waals surface area contributed by atoms with Gasteiger partial charge in [-0.3, -0.25) is 0 Å². The lowest BCUT2D eigenvalue weighted by Crippen LogP contribution is -2.35. The lowest BCUT2D eigenvalue weighted by Gasteiger charge is -2.22. The highest BCUT2D eigenvalue weighted by Crippen LogP contribution is 2.35. The molecule has 0 heterocycles. The molecule has 0 aliphatic carbocycles. The molecule has 0 radical (unpaired) electrons. The fourth-order valence-electron chi connectivity index (χ4n) is 1.64. The van der Waals surface area contributed by atoms with Crippen molar-refractivity contribution in [1.29, 1.82) is 0 Å². The predicted octanol–water partition coefficient (Wildman–Crippen LogP) is 5.10. The number of nitrogens with one attached hydrogen (secondary N) is 1. The Labute approximate surface area is 123 Å². The fourth-order valence-corrected chi connectivity index (χ4v) is 2.45. The molecule has 0 unspecified atom stereocenters. The van der Waals surface area contributed by atoms with E-state index in [2.05, 4.69) is 5.32 Å². The molecule has 1 nitrogen and oxygen atoms in total. The zero-order valence-corrected chi connectivity index (χ0v) is 13.2. The van der Waals surface area contributed by atoms with Crippen molar-refractivity contribution in [1.82, 2.24) is 5.32 Å². The van der Waals surface area contributed by atoms with Crippen LogP contribution in [0.4, 0.5) is 13.2 Å². The summed E-state index contributed by atoms with van der Waals surface area (Å²) in [4.78, 5) is 0.679. The molecule has 0 saturated heterocycles. The van der Waals surface area contributed by atoms with Gasteiger partial charge in [0.25, 0.3) is 0 Å². The number of rotatable bonds is 5. The maximum absolute atomic E-state index is 13.1. The smallest absolute Gasteiger partial charge is 0.308 e. The van der Waals surface area contributed by atoms with E-state index in [0.717, 1.165) is 12.2 Å². The molecule has 20 heavy (non-hydrogen) atoms. The van der Waals surface area contributed by atoms with Crippen LogP contribution < -0.4 is 5.32 Å². The van der Waals surface area contributed by atoms with E-state index >= 15 is 0 Å². The Morgan fingerprint density at radius 3 is 2.30 bits per heavy atom. The van der Waals surface area contributed by atoms with Gasteiger partial charge < -0.3 is 5.32 Å². The molecule has 0 aromatic heterocycles. The van der Waals surface area contributed by atoms with Gasteiger partial charge in [-0.15, -0.1) is 11.8 Å². The minimum Gasteiger partial charge on any atom is -0.308 e. The van der Waals surface area contributed by atoms with Crippen molar-refractivity contribution in [2.45, 2.75) is 57.3 Å². The second-order valence-electron chi connectivity index (χ2n) is 5.77. The van der Waals surface area contributed by atoms with Gasteiger partial charge in [-0.25, -0.2) is 0 Å². The van der Waals surface area contributed by atoms with Crippen molar-refractivity contribution in [3.63, 3.8) is 0 Å².